The van der Waals surface area contributed by atoms with Crippen LogP contribution in [-0.4, -0.2) is 41.9 Å². The molecule has 160 valence electrons. The Bertz CT molecular complexity index is 803. The van der Waals surface area contributed by atoms with E-state index in [2.05, 4.69) is 51.5 Å². The van der Waals surface area contributed by atoms with E-state index in [1.54, 1.807) is 0 Å². The normalized spacial score (nSPS) is 18.3. The third-order valence-electron chi connectivity index (χ3n) is 6.37. The van der Waals surface area contributed by atoms with Gasteiger partial charge in [0, 0.05) is 25.2 Å². The molecule has 2 aliphatic heterocycles. The standard InChI is InChI=1S/C26H35N3O/c30-26(25-12-10-22(11-13-25)20-28-14-3-1-2-4-15-28)27-19-23-8-7-9-24(18-23)21-29-16-5-6-17-29/h7-13,18H,1-6,14-17,19-21H2,(H,27,30). The van der Waals surface area contributed by atoms with Crippen molar-refractivity contribution in [3.8, 4) is 0 Å². The maximum atomic E-state index is 12.6. The molecule has 4 heteroatoms. The average Bonchev–Trinajstić information content (AvgIpc) is 3.15. The zero-order valence-electron chi connectivity index (χ0n) is 18.1. The third kappa shape index (κ3) is 6.16. The predicted octanol–water partition coefficient (Wildman–Crippen LogP) is 4.59. The van der Waals surface area contributed by atoms with Gasteiger partial charge in [0.2, 0.25) is 0 Å². The molecule has 2 fully saturated rings. The molecule has 1 amide bonds. The smallest absolute Gasteiger partial charge is 0.251 e. The molecule has 2 aromatic rings. The first-order valence-electron chi connectivity index (χ1n) is 11.7. The Morgan fingerprint density at radius 1 is 0.700 bits per heavy atom. The molecule has 0 unspecified atom stereocenters. The lowest BCUT2D eigenvalue weighted by molar-refractivity contribution is 0.0951. The lowest BCUT2D eigenvalue weighted by Crippen LogP contribution is -2.24. The average molecular weight is 406 g/mol. The van der Waals surface area contributed by atoms with Gasteiger partial charge in [0.05, 0.1) is 0 Å². The van der Waals surface area contributed by atoms with E-state index in [0.717, 1.165) is 24.2 Å². The summed E-state index contributed by atoms with van der Waals surface area (Å²) in [6, 6.07) is 16.8. The molecule has 0 aromatic heterocycles. The molecule has 0 bridgehead atoms. The van der Waals surface area contributed by atoms with Gasteiger partial charge in [-0.05, 0) is 80.7 Å². The van der Waals surface area contributed by atoms with Gasteiger partial charge in [0.1, 0.15) is 0 Å². The maximum Gasteiger partial charge on any atom is 0.251 e. The fourth-order valence-electron chi connectivity index (χ4n) is 4.64. The summed E-state index contributed by atoms with van der Waals surface area (Å²) < 4.78 is 0. The molecule has 0 saturated carbocycles. The second-order valence-corrected chi connectivity index (χ2v) is 8.87. The van der Waals surface area contributed by atoms with Crippen molar-refractivity contribution in [2.24, 2.45) is 0 Å². The van der Waals surface area contributed by atoms with Gasteiger partial charge in [-0.2, -0.15) is 0 Å². The lowest BCUT2D eigenvalue weighted by Gasteiger charge is -2.19. The summed E-state index contributed by atoms with van der Waals surface area (Å²) >= 11 is 0. The Morgan fingerprint density at radius 3 is 1.93 bits per heavy atom. The zero-order valence-corrected chi connectivity index (χ0v) is 18.1. The van der Waals surface area contributed by atoms with Crippen LogP contribution in [0.2, 0.25) is 0 Å². The number of hydrogen-bond acceptors (Lipinski definition) is 3. The van der Waals surface area contributed by atoms with Crippen LogP contribution < -0.4 is 5.32 Å². The van der Waals surface area contributed by atoms with Crippen LogP contribution in [0.25, 0.3) is 0 Å². The number of likely N-dealkylation sites (tertiary alicyclic amines) is 2. The van der Waals surface area contributed by atoms with Gasteiger partial charge in [-0.3, -0.25) is 14.6 Å². The van der Waals surface area contributed by atoms with Crippen LogP contribution in [0.5, 0.6) is 0 Å². The van der Waals surface area contributed by atoms with Gasteiger partial charge >= 0.3 is 0 Å². The fourth-order valence-corrected chi connectivity index (χ4v) is 4.64. The number of hydrogen-bond donors (Lipinski definition) is 1. The number of amides is 1. The van der Waals surface area contributed by atoms with Gasteiger partial charge in [0.25, 0.3) is 5.91 Å². The van der Waals surface area contributed by atoms with Crippen molar-refractivity contribution in [2.75, 3.05) is 26.2 Å². The number of benzene rings is 2. The minimum absolute atomic E-state index is 0.00117. The summed E-state index contributed by atoms with van der Waals surface area (Å²) in [6.45, 7) is 7.37. The highest BCUT2D eigenvalue weighted by atomic mass is 16.1. The molecular weight excluding hydrogens is 370 g/mol. The van der Waals surface area contributed by atoms with Crippen molar-refractivity contribution in [3.05, 3.63) is 70.8 Å². The van der Waals surface area contributed by atoms with E-state index in [1.165, 1.54) is 75.8 Å². The van der Waals surface area contributed by atoms with Crippen molar-refractivity contribution in [2.45, 2.75) is 58.2 Å². The third-order valence-corrected chi connectivity index (χ3v) is 6.37. The first kappa shape index (κ1) is 21.1. The van der Waals surface area contributed by atoms with Gasteiger partial charge in [0.15, 0.2) is 0 Å². The monoisotopic (exact) mass is 405 g/mol. The Balaban J connectivity index is 1.27. The molecule has 2 saturated heterocycles. The lowest BCUT2D eigenvalue weighted by atomic mass is 10.1. The van der Waals surface area contributed by atoms with Crippen molar-refractivity contribution in [3.63, 3.8) is 0 Å². The van der Waals surface area contributed by atoms with E-state index >= 15 is 0 Å². The molecule has 2 aromatic carbocycles. The first-order chi connectivity index (χ1) is 14.8. The fraction of sp³-hybridized carbons (Fsp3) is 0.500. The Labute approximate surface area is 181 Å². The molecule has 4 nitrogen and oxygen atoms in total. The summed E-state index contributed by atoms with van der Waals surface area (Å²) in [6.07, 6.45) is 7.95. The molecule has 2 heterocycles. The van der Waals surface area contributed by atoms with Crippen LogP contribution in [0.4, 0.5) is 0 Å². The summed E-state index contributed by atoms with van der Waals surface area (Å²) in [5, 5.41) is 3.08. The van der Waals surface area contributed by atoms with E-state index in [0.29, 0.717) is 6.54 Å². The van der Waals surface area contributed by atoms with Crippen molar-refractivity contribution in [1.29, 1.82) is 0 Å². The second-order valence-electron chi connectivity index (χ2n) is 8.87. The minimum Gasteiger partial charge on any atom is -0.348 e. The number of nitrogens with one attached hydrogen (secondary N) is 1. The number of rotatable bonds is 7. The summed E-state index contributed by atoms with van der Waals surface area (Å²) in [4.78, 5) is 17.6. The van der Waals surface area contributed by atoms with E-state index in [1.807, 2.05) is 12.1 Å². The van der Waals surface area contributed by atoms with Gasteiger partial charge in [-0.1, -0.05) is 49.2 Å². The summed E-state index contributed by atoms with van der Waals surface area (Å²) in [5.41, 5.74) is 4.53. The van der Waals surface area contributed by atoms with Gasteiger partial charge in [-0.25, -0.2) is 0 Å². The van der Waals surface area contributed by atoms with Crippen LogP contribution in [0, 0.1) is 0 Å². The highest BCUT2D eigenvalue weighted by Gasteiger charge is 2.13. The molecule has 0 aliphatic carbocycles. The molecular formula is C26H35N3O. The molecule has 0 radical (unpaired) electrons. The molecule has 4 rings (SSSR count). The highest BCUT2D eigenvalue weighted by Crippen LogP contribution is 2.15. The predicted molar refractivity (Wildman–Crippen MR) is 122 cm³/mol. The molecule has 30 heavy (non-hydrogen) atoms. The Morgan fingerprint density at radius 2 is 1.27 bits per heavy atom. The molecule has 0 atom stereocenters. The van der Waals surface area contributed by atoms with Crippen LogP contribution in [0.3, 0.4) is 0 Å². The zero-order chi connectivity index (χ0) is 20.6. The van der Waals surface area contributed by atoms with Gasteiger partial charge < -0.3 is 5.32 Å². The van der Waals surface area contributed by atoms with Crippen LogP contribution in [-0.2, 0) is 19.6 Å². The van der Waals surface area contributed by atoms with Crippen LogP contribution >= 0.6 is 0 Å². The topological polar surface area (TPSA) is 35.6 Å². The van der Waals surface area contributed by atoms with Crippen LogP contribution in [0.15, 0.2) is 48.5 Å². The highest BCUT2D eigenvalue weighted by molar-refractivity contribution is 5.94. The molecule has 1 N–H and O–H groups in total. The molecule has 0 spiro atoms. The minimum atomic E-state index is 0.00117. The quantitative estimate of drug-likeness (QED) is 0.732. The number of nitrogens with zero attached hydrogens (tertiary/aromatic N) is 2. The second kappa shape index (κ2) is 10.7. The Kier molecular flexibility index (Phi) is 7.54. The molecule has 2 aliphatic rings. The van der Waals surface area contributed by atoms with Crippen molar-refractivity contribution >= 4 is 5.91 Å². The summed E-state index contributed by atoms with van der Waals surface area (Å²) in [7, 11) is 0. The van der Waals surface area contributed by atoms with E-state index in [-0.39, 0.29) is 5.91 Å². The largest absolute Gasteiger partial charge is 0.348 e. The maximum absolute atomic E-state index is 12.6. The first-order valence-corrected chi connectivity index (χ1v) is 11.7. The number of carbonyl (C=O) groups excluding carboxylic acids is 1. The van der Waals surface area contributed by atoms with Crippen molar-refractivity contribution < 1.29 is 4.79 Å². The summed E-state index contributed by atoms with van der Waals surface area (Å²) in [5.74, 6) is 0.00117. The SMILES string of the molecule is O=C(NCc1cccc(CN2CCCC2)c1)c1ccc(CN2CCCCCC2)cc1. The van der Waals surface area contributed by atoms with Crippen LogP contribution in [0.1, 0.15) is 65.6 Å². The van der Waals surface area contributed by atoms with E-state index in [4.69, 9.17) is 0 Å². The van der Waals surface area contributed by atoms with E-state index < -0.39 is 0 Å². The Hall–Kier alpha value is -2.17. The van der Waals surface area contributed by atoms with Crippen molar-refractivity contribution in [1.82, 2.24) is 15.1 Å². The van der Waals surface area contributed by atoms with Gasteiger partial charge in [-0.15, -0.1) is 0 Å². The number of carbonyl (C=O) groups is 1. The van der Waals surface area contributed by atoms with E-state index in [9.17, 15) is 4.79 Å².